The molecule has 2 N–H and O–H groups in total. The highest BCUT2D eigenvalue weighted by Crippen LogP contribution is 2.30. The number of hydrogen-bond acceptors (Lipinski definition) is 6. The number of hydrogen-bond donors (Lipinski definition) is 2. The van der Waals surface area contributed by atoms with E-state index in [2.05, 4.69) is 39.4 Å². The summed E-state index contributed by atoms with van der Waals surface area (Å²) in [6, 6.07) is 0.394. The highest BCUT2D eigenvalue weighted by molar-refractivity contribution is 5.35. The molecule has 6 nitrogen and oxygen atoms in total. The topological polar surface area (TPSA) is 72.0 Å². The molecule has 21 heavy (non-hydrogen) atoms. The van der Waals surface area contributed by atoms with Crippen LogP contribution in [0.5, 0.6) is 6.01 Å². The molecule has 0 spiro atoms. The van der Waals surface area contributed by atoms with Gasteiger partial charge in [-0.2, -0.15) is 15.0 Å². The van der Waals surface area contributed by atoms with Crippen molar-refractivity contribution in [2.75, 3.05) is 30.3 Å². The molecule has 1 aliphatic carbocycles. The van der Waals surface area contributed by atoms with Crippen LogP contribution in [0.25, 0.3) is 0 Å². The number of nitrogens with zero attached hydrogens (tertiary/aromatic N) is 3. The Labute approximate surface area is 127 Å². The summed E-state index contributed by atoms with van der Waals surface area (Å²) in [4.78, 5) is 13.0. The molecule has 6 heteroatoms. The van der Waals surface area contributed by atoms with E-state index in [1.54, 1.807) is 0 Å². The van der Waals surface area contributed by atoms with E-state index in [1.807, 2.05) is 6.92 Å². The largest absolute Gasteiger partial charge is 0.463 e. The maximum absolute atomic E-state index is 5.53. The first-order valence-electron chi connectivity index (χ1n) is 8.07. The summed E-state index contributed by atoms with van der Waals surface area (Å²) < 4.78 is 5.53. The third-order valence-electron chi connectivity index (χ3n) is 3.74. The maximum Gasteiger partial charge on any atom is 0.323 e. The number of rotatable bonds is 8. The van der Waals surface area contributed by atoms with Crippen LogP contribution in [0.1, 0.15) is 46.5 Å². The van der Waals surface area contributed by atoms with E-state index < -0.39 is 0 Å². The van der Waals surface area contributed by atoms with Gasteiger partial charge >= 0.3 is 6.01 Å². The van der Waals surface area contributed by atoms with Crippen molar-refractivity contribution < 1.29 is 4.74 Å². The van der Waals surface area contributed by atoms with Crippen LogP contribution in [0.2, 0.25) is 0 Å². The van der Waals surface area contributed by atoms with Gasteiger partial charge < -0.3 is 15.4 Å². The highest BCUT2D eigenvalue weighted by atomic mass is 16.5. The summed E-state index contributed by atoms with van der Waals surface area (Å²) in [7, 11) is 0. The van der Waals surface area contributed by atoms with Crippen molar-refractivity contribution in [3.8, 4) is 6.01 Å². The normalized spacial score (nSPS) is 21.3. The van der Waals surface area contributed by atoms with Crippen LogP contribution in [0.15, 0.2) is 0 Å². The van der Waals surface area contributed by atoms with Gasteiger partial charge in [0, 0.05) is 13.1 Å². The van der Waals surface area contributed by atoms with Gasteiger partial charge in [0.15, 0.2) is 0 Å². The quantitative estimate of drug-likeness (QED) is 0.768. The van der Waals surface area contributed by atoms with Crippen LogP contribution in [0.3, 0.4) is 0 Å². The summed E-state index contributed by atoms with van der Waals surface area (Å²) in [6.45, 7) is 8.72. The standard InChI is InChI=1S/C15H27N5O/c1-4-8-21-15-19-13(16-5-2)18-14(20-15)17-10-12-7-6-11(3)9-12/h11-12H,4-10H2,1-3H3,(H2,16,17,18,19,20). The van der Waals surface area contributed by atoms with E-state index in [0.29, 0.717) is 24.5 Å². The van der Waals surface area contributed by atoms with Crippen LogP contribution in [-0.2, 0) is 0 Å². The predicted molar refractivity (Wildman–Crippen MR) is 84.8 cm³/mol. The summed E-state index contributed by atoms with van der Waals surface area (Å²) in [6.07, 6.45) is 4.85. The second kappa shape index (κ2) is 8.00. The van der Waals surface area contributed by atoms with Crippen molar-refractivity contribution in [1.29, 1.82) is 0 Å². The Balaban J connectivity index is 1.97. The zero-order valence-corrected chi connectivity index (χ0v) is 13.4. The third kappa shape index (κ3) is 5.02. The molecule has 1 aromatic heterocycles. The summed E-state index contributed by atoms with van der Waals surface area (Å²) in [5.74, 6) is 2.74. The first kappa shape index (κ1) is 15.8. The highest BCUT2D eigenvalue weighted by Gasteiger charge is 2.21. The molecule has 1 aliphatic rings. The fourth-order valence-corrected chi connectivity index (χ4v) is 2.68. The monoisotopic (exact) mass is 293 g/mol. The lowest BCUT2D eigenvalue weighted by Gasteiger charge is -2.13. The summed E-state index contributed by atoms with van der Waals surface area (Å²) >= 11 is 0. The second-order valence-electron chi connectivity index (χ2n) is 5.81. The molecule has 1 saturated carbocycles. The van der Waals surface area contributed by atoms with E-state index in [1.165, 1.54) is 19.3 Å². The first-order chi connectivity index (χ1) is 10.2. The van der Waals surface area contributed by atoms with Gasteiger partial charge in [-0.15, -0.1) is 0 Å². The fourth-order valence-electron chi connectivity index (χ4n) is 2.68. The van der Waals surface area contributed by atoms with Crippen molar-refractivity contribution in [3.63, 3.8) is 0 Å². The molecule has 118 valence electrons. The van der Waals surface area contributed by atoms with Gasteiger partial charge in [0.1, 0.15) is 0 Å². The first-order valence-corrected chi connectivity index (χ1v) is 8.07. The van der Waals surface area contributed by atoms with Gasteiger partial charge in [-0.1, -0.05) is 20.3 Å². The number of ether oxygens (including phenoxy) is 1. The minimum Gasteiger partial charge on any atom is -0.463 e. The van der Waals surface area contributed by atoms with Crippen molar-refractivity contribution in [3.05, 3.63) is 0 Å². The van der Waals surface area contributed by atoms with Crippen molar-refractivity contribution in [2.45, 2.75) is 46.5 Å². The molecule has 1 heterocycles. The van der Waals surface area contributed by atoms with Crippen LogP contribution in [0, 0.1) is 11.8 Å². The fraction of sp³-hybridized carbons (Fsp3) is 0.800. The van der Waals surface area contributed by atoms with E-state index in [9.17, 15) is 0 Å². The zero-order chi connectivity index (χ0) is 15.1. The van der Waals surface area contributed by atoms with E-state index >= 15 is 0 Å². The minimum absolute atomic E-state index is 0.394. The van der Waals surface area contributed by atoms with Crippen LogP contribution in [0.4, 0.5) is 11.9 Å². The molecule has 0 amide bonds. The van der Waals surface area contributed by atoms with Gasteiger partial charge in [-0.3, -0.25) is 0 Å². The molecule has 0 bridgehead atoms. The van der Waals surface area contributed by atoms with Crippen LogP contribution in [-0.4, -0.2) is 34.6 Å². The molecular weight excluding hydrogens is 266 g/mol. The Morgan fingerprint density at radius 3 is 2.48 bits per heavy atom. The Hall–Kier alpha value is -1.59. The molecule has 0 aliphatic heterocycles. The van der Waals surface area contributed by atoms with E-state index in [0.717, 1.165) is 31.3 Å². The van der Waals surface area contributed by atoms with Crippen LogP contribution >= 0.6 is 0 Å². The van der Waals surface area contributed by atoms with Crippen molar-refractivity contribution in [2.24, 2.45) is 11.8 Å². The smallest absolute Gasteiger partial charge is 0.323 e. The molecule has 0 aromatic carbocycles. The van der Waals surface area contributed by atoms with Gasteiger partial charge in [0.25, 0.3) is 0 Å². The predicted octanol–water partition coefficient (Wildman–Crippen LogP) is 2.94. The van der Waals surface area contributed by atoms with Crippen LogP contribution < -0.4 is 15.4 Å². The number of aromatic nitrogens is 3. The number of anilines is 2. The average Bonchev–Trinajstić information content (AvgIpc) is 2.89. The Morgan fingerprint density at radius 2 is 1.86 bits per heavy atom. The average molecular weight is 293 g/mol. The van der Waals surface area contributed by atoms with Crippen molar-refractivity contribution in [1.82, 2.24) is 15.0 Å². The lowest BCUT2D eigenvalue weighted by atomic mass is 10.1. The summed E-state index contributed by atoms with van der Waals surface area (Å²) in [5.41, 5.74) is 0. The molecule has 0 saturated heterocycles. The van der Waals surface area contributed by atoms with E-state index in [-0.39, 0.29) is 0 Å². The lowest BCUT2D eigenvalue weighted by molar-refractivity contribution is 0.292. The Kier molecular flexibility index (Phi) is 6.02. The van der Waals surface area contributed by atoms with E-state index in [4.69, 9.17) is 4.74 Å². The SMILES string of the molecule is CCCOc1nc(NCC)nc(NCC2CCC(C)C2)n1. The zero-order valence-electron chi connectivity index (χ0n) is 13.4. The van der Waals surface area contributed by atoms with Gasteiger partial charge in [-0.05, 0) is 38.0 Å². The molecule has 2 unspecified atom stereocenters. The molecule has 1 fully saturated rings. The lowest BCUT2D eigenvalue weighted by Crippen LogP contribution is -2.16. The molecule has 1 aromatic rings. The molecule has 0 radical (unpaired) electrons. The Morgan fingerprint density at radius 1 is 1.10 bits per heavy atom. The van der Waals surface area contributed by atoms with Gasteiger partial charge in [-0.25, -0.2) is 0 Å². The Bertz CT molecular complexity index is 440. The van der Waals surface area contributed by atoms with Gasteiger partial charge in [0.2, 0.25) is 11.9 Å². The summed E-state index contributed by atoms with van der Waals surface area (Å²) in [5, 5.41) is 6.46. The minimum atomic E-state index is 0.394. The second-order valence-corrected chi connectivity index (χ2v) is 5.81. The molecule has 2 rings (SSSR count). The maximum atomic E-state index is 5.53. The number of nitrogens with one attached hydrogen (secondary N) is 2. The van der Waals surface area contributed by atoms with Gasteiger partial charge in [0.05, 0.1) is 6.61 Å². The molecule has 2 atom stereocenters. The molecular formula is C15H27N5O. The van der Waals surface area contributed by atoms with Crippen molar-refractivity contribution >= 4 is 11.9 Å². The third-order valence-corrected chi connectivity index (χ3v) is 3.74.